The largest absolute Gasteiger partial charge is 0.497 e. The van der Waals surface area contributed by atoms with Gasteiger partial charge in [0.05, 0.1) is 7.11 Å². The van der Waals surface area contributed by atoms with E-state index in [2.05, 4.69) is 10.6 Å². The van der Waals surface area contributed by atoms with E-state index < -0.39 is 6.10 Å². The van der Waals surface area contributed by atoms with Crippen molar-refractivity contribution in [3.8, 4) is 11.5 Å². The lowest BCUT2D eigenvalue weighted by Gasteiger charge is -2.31. The van der Waals surface area contributed by atoms with Crippen molar-refractivity contribution in [1.82, 2.24) is 15.5 Å². The molecule has 1 fully saturated rings. The molecule has 8 heteroatoms. The molecule has 0 aromatic heterocycles. The van der Waals surface area contributed by atoms with Crippen LogP contribution in [-0.2, 0) is 4.79 Å². The van der Waals surface area contributed by atoms with Crippen LogP contribution in [-0.4, -0.2) is 67.4 Å². The summed E-state index contributed by atoms with van der Waals surface area (Å²) in [5.41, 5.74) is 0. The highest BCUT2D eigenvalue weighted by molar-refractivity contribution is 5.75. The van der Waals surface area contributed by atoms with Crippen LogP contribution in [0.4, 0.5) is 4.79 Å². The molecule has 2 rings (SSSR count). The lowest BCUT2D eigenvalue weighted by molar-refractivity contribution is -0.129. The Morgan fingerprint density at radius 2 is 1.85 bits per heavy atom. The van der Waals surface area contributed by atoms with Crippen molar-refractivity contribution >= 4 is 11.9 Å². The van der Waals surface area contributed by atoms with E-state index in [1.165, 1.54) is 0 Å². The molecule has 144 valence electrons. The molecule has 1 aromatic carbocycles. The Kier molecular flexibility index (Phi) is 7.53. The molecule has 1 saturated heterocycles. The third-order valence-corrected chi connectivity index (χ3v) is 4.28. The highest BCUT2D eigenvalue weighted by atomic mass is 16.5. The molecule has 3 N–H and O–H groups in total. The predicted octanol–water partition coefficient (Wildman–Crippen LogP) is 0.745. The SMILES string of the molecule is COc1ccc(OC[C@H](O)CNC(=O)NC2CCN(C(C)=O)CC2)cc1. The lowest BCUT2D eigenvalue weighted by Crippen LogP contribution is -2.50. The molecule has 8 nitrogen and oxygen atoms in total. The van der Waals surface area contributed by atoms with Crippen LogP contribution in [0.2, 0.25) is 0 Å². The Bertz CT molecular complexity index is 585. The number of nitrogens with zero attached hydrogens (tertiary/aromatic N) is 1. The van der Waals surface area contributed by atoms with E-state index in [9.17, 15) is 14.7 Å². The van der Waals surface area contributed by atoms with Gasteiger partial charge in [0.15, 0.2) is 0 Å². The first-order valence-corrected chi connectivity index (χ1v) is 8.72. The quantitative estimate of drug-likeness (QED) is 0.662. The number of ether oxygens (including phenoxy) is 2. The van der Waals surface area contributed by atoms with Crippen molar-refractivity contribution in [1.29, 1.82) is 0 Å². The number of rotatable bonds is 7. The van der Waals surface area contributed by atoms with Crippen molar-refractivity contribution in [3.05, 3.63) is 24.3 Å². The van der Waals surface area contributed by atoms with Crippen molar-refractivity contribution in [2.45, 2.75) is 31.9 Å². The number of piperidine rings is 1. The van der Waals surface area contributed by atoms with Crippen LogP contribution < -0.4 is 20.1 Å². The van der Waals surface area contributed by atoms with Gasteiger partial charge < -0.3 is 30.1 Å². The fourth-order valence-electron chi connectivity index (χ4n) is 2.71. The summed E-state index contributed by atoms with van der Waals surface area (Å²) in [5.74, 6) is 1.41. The molecule has 0 unspecified atom stereocenters. The number of likely N-dealkylation sites (tertiary alicyclic amines) is 1. The predicted molar refractivity (Wildman–Crippen MR) is 96.3 cm³/mol. The molecule has 0 aliphatic carbocycles. The van der Waals surface area contributed by atoms with Crippen LogP contribution in [0.1, 0.15) is 19.8 Å². The standard InChI is InChI=1S/C18H27N3O5/c1-13(22)21-9-7-14(8-10-21)20-18(24)19-11-15(23)12-26-17-5-3-16(25-2)4-6-17/h3-6,14-15,23H,7-12H2,1-2H3,(H2,19,20,24)/t15-/m1/s1. The van der Waals surface area contributed by atoms with Crippen molar-refractivity contribution in [2.75, 3.05) is 33.4 Å². The van der Waals surface area contributed by atoms with Crippen molar-refractivity contribution < 1.29 is 24.2 Å². The third-order valence-electron chi connectivity index (χ3n) is 4.28. The fourth-order valence-corrected chi connectivity index (χ4v) is 2.71. The summed E-state index contributed by atoms with van der Waals surface area (Å²) in [6.45, 7) is 3.02. The number of carbonyl (C=O) groups is 2. The van der Waals surface area contributed by atoms with Gasteiger partial charge in [-0.2, -0.15) is 0 Å². The van der Waals surface area contributed by atoms with E-state index in [-0.39, 0.29) is 31.1 Å². The Balaban J connectivity index is 1.61. The van der Waals surface area contributed by atoms with Crippen LogP contribution in [0.15, 0.2) is 24.3 Å². The minimum atomic E-state index is -0.817. The number of hydrogen-bond donors (Lipinski definition) is 3. The summed E-state index contributed by atoms with van der Waals surface area (Å²) in [5, 5.41) is 15.4. The molecule has 0 spiro atoms. The molecule has 3 amide bonds. The third kappa shape index (κ3) is 6.44. The second kappa shape index (κ2) is 9.86. The minimum Gasteiger partial charge on any atom is -0.497 e. The monoisotopic (exact) mass is 365 g/mol. The van der Waals surface area contributed by atoms with E-state index >= 15 is 0 Å². The Labute approximate surface area is 153 Å². The summed E-state index contributed by atoms with van der Waals surface area (Å²) in [6.07, 6.45) is 0.647. The van der Waals surface area contributed by atoms with Crippen LogP contribution in [0, 0.1) is 0 Å². The summed E-state index contributed by atoms with van der Waals surface area (Å²) < 4.78 is 10.5. The zero-order valence-electron chi connectivity index (χ0n) is 15.2. The highest BCUT2D eigenvalue weighted by Gasteiger charge is 2.22. The van der Waals surface area contributed by atoms with E-state index in [1.807, 2.05) is 0 Å². The number of hydrogen-bond acceptors (Lipinski definition) is 5. The summed E-state index contributed by atoms with van der Waals surface area (Å²) in [7, 11) is 1.59. The molecule has 0 radical (unpaired) electrons. The Hall–Kier alpha value is -2.48. The van der Waals surface area contributed by atoms with Gasteiger partial charge in [-0.25, -0.2) is 4.79 Å². The van der Waals surface area contributed by atoms with E-state index in [4.69, 9.17) is 9.47 Å². The Morgan fingerprint density at radius 1 is 1.23 bits per heavy atom. The molecule has 1 aromatic rings. The number of carbonyl (C=O) groups excluding carboxylic acids is 2. The molecule has 1 aliphatic heterocycles. The smallest absolute Gasteiger partial charge is 0.315 e. The maximum atomic E-state index is 11.9. The van der Waals surface area contributed by atoms with E-state index in [0.29, 0.717) is 18.8 Å². The van der Waals surface area contributed by atoms with Crippen molar-refractivity contribution in [3.63, 3.8) is 0 Å². The first kappa shape index (κ1) is 19.8. The highest BCUT2D eigenvalue weighted by Crippen LogP contribution is 2.17. The van der Waals surface area contributed by atoms with Gasteiger partial charge in [0.2, 0.25) is 5.91 Å². The van der Waals surface area contributed by atoms with Gasteiger partial charge in [-0.15, -0.1) is 0 Å². The van der Waals surface area contributed by atoms with Gasteiger partial charge in [-0.05, 0) is 37.1 Å². The average Bonchev–Trinajstić information content (AvgIpc) is 2.65. The summed E-state index contributed by atoms with van der Waals surface area (Å²) in [4.78, 5) is 25.0. The second-order valence-electron chi connectivity index (χ2n) is 6.28. The zero-order chi connectivity index (χ0) is 18.9. The van der Waals surface area contributed by atoms with Gasteiger partial charge in [0.25, 0.3) is 0 Å². The molecular formula is C18H27N3O5. The maximum absolute atomic E-state index is 11.9. The van der Waals surface area contributed by atoms with E-state index in [0.717, 1.165) is 18.6 Å². The number of urea groups is 1. The molecule has 26 heavy (non-hydrogen) atoms. The number of aliphatic hydroxyl groups is 1. The number of nitrogens with one attached hydrogen (secondary N) is 2. The number of benzene rings is 1. The normalized spacial score (nSPS) is 15.9. The van der Waals surface area contributed by atoms with Crippen LogP contribution in [0.3, 0.4) is 0 Å². The molecule has 1 atom stereocenters. The summed E-state index contributed by atoms with van der Waals surface area (Å²) >= 11 is 0. The van der Waals surface area contributed by atoms with Gasteiger partial charge in [0.1, 0.15) is 24.2 Å². The topological polar surface area (TPSA) is 100 Å². The van der Waals surface area contributed by atoms with Crippen molar-refractivity contribution in [2.24, 2.45) is 0 Å². The van der Waals surface area contributed by atoms with Crippen LogP contribution in [0.5, 0.6) is 11.5 Å². The zero-order valence-corrected chi connectivity index (χ0v) is 15.2. The average molecular weight is 365 g/mol. The fraction of sp³-hybridized carbons (Fsp3) is 0.556. The molecule has 0 bridgehead atoms. The Morgan fingerprint density at radius 3 is 2.42 bits per heavy atom. The minimum absolute atomic E-state index is 0.0401. The molecule has 0 saturated carbocycles. The van der Waals surface area contributed by atoms with Gasteiger partial charge >= 0.3 is 6.03 Å². The number of aliphatic hydroxyl groups excluding tert-OH is 1. The van der Waals surface area contributed by atoms with Gasteiger partial charge in [-0.3, -0.25) is 4.79 Å². The second-order valence-corrected chi connectivity index (χ2v) is 6.28. The summed E-state index contributed by atoms with van der Waals surface area (Å²) in [6, 6.07) is 6.75. The van der Waals surface area contributed by atoms with Gasteiger partial charge in [0, 0.05) is 32.6 Å². The maximum Gasteiger partial charge on any atom is 0.315 e. The van der Waals surface area contributed by atoms with E-state index in [1.54, 1.807) is 43.2 Å². The number of methoxy groups -OCH3 is 1. The van der Waals surface area contributed by atoms with Crippen LogP contribution in [0.25, 0.3) is 0 Å². The molecular weight excluding hydrogens is 338 g/mol. The first-order chi connectivity index (χ1) is 12.5. The lowest BCUT2D eigenvalue weighted by atomic mass is 10.1. The van der Waals surface area contributed by atoms with Gasteiger partial charge in [-0.1, -0.05) is 0 Å². The molecule has 1 aliphatic rings. The number of amides is 3. The molecule has 1 heterocycles. The first-order valence-electron chi connectivity index (χ1n) is 8.72. The van der Waals surface area contributed by atoms with Crippen LogP contribution >= 0.6 is 0 Å².